The third-order valence-electron chi connectivity index (χ3n) is 5.31. The monoisotopic (exact) mass is 487 g/mol. The number of rotatable bonds is 12. The first-order valence-electron chi connectivity index (χ1n) is 11.4. The Balaban J connectivity index is 1.64. The van der Waals surface area contributed by atoms with Gasteiger partial charge in [0.1, 0.15) is 23.9 Å². The summed E-state index contributed by atoms with van der Waals surface area (Å²) in [5, 5.41) is 0. The van der Waals surface area contributed by atoms with Crippen molar-refractivity contribution in [1.82, 2.24) is 4.98 Å². The Labute approximate surface area is 202 Å². The van der Waals surface area contributed by atoms with E-state index in [0.29, 0.717) is 37.4 Å². The summed E-state index contributed by atoms with van der Waals surface area (Å²) in [4.78, 5) is 14.5. The maximum absolute atomic E-state index is 13.2. The number of hydrogen-bond acceptors (Lipinski definition) is 5. The lowest BCUT2D eigenvalue weighted by Crippen LogP contribution is -2.17. The molecule has 3 aromatic rings. The van der Waals surface area contributed by atoms with Crippen molar-refractivity contribution in [2.24, 2.45) is 0 Å². The number of carbonyl (C=O) groups is 1. The van der Waals surface area contributed by atoms with Crippen LogP contribution < -0.4 is 14.2 Å². The molecule has 0 aliphatic heterocycles. The van der Waals surface area contributed by atoms with Gasteiger partial charge in [-0.25, -0.2) is 4.98 Å². The third kappa shape index (κ3) is 7.73. The predicted octanol–water partition coefficient (Wildman–Crippen LogP) is 6.82. The minimum Gasteiger partial charge on any atom is -0.493 e. The molecule has 8 heteroatoms. The largest absolute Gasteiger partial charge is 0.493 e. The number of nitrogens with zero attached hydrogens (tertiary/aromatic N) is 1. The topological polar surface area (TPSA) is 57.6 Å². The summed E-state index contributed by atoms with van der Waals surface area (Å²) in [6.45, 7) is 4.17. The van der Waals surface area contributed by atoms with Crippen LogP contribution in [0, 0.1) is 0 Å². The molecule has 0 saturated carbocycles. The number of aromatic nitrogens is 1. The highest BCUT2D eigenvalue weighted by atomic mass is 19.4. The summed E-state index contributed by atoms with van der Waals surface area (Å²) >= 11 is 0. The van der Waals surface area contributed by atoms with Gasteiger partial charge in [0, 0.05) is 25.1 Å². The zero-order chi connectivity index (χ0) is 25.3. The van der Waals surface area contributed by atoms with Crippen LogP contribution in [0.2, 0.25) is 0 Å². The Bertz CT molecular complexity index is 1100. The first-order valence-corrected chi connectivity index (χ1v) is 11.4. The molecule has 0 aliphatic rings. The average Bonchev–Trinajstić information content (AvgIpc) is 2.84. The summed E-state index contributed by atoms with van der Waals surface area (Å²) in [6, 6.07) is 15.2. The molecule has 0 bridgehead atoms. The molecule has 1 atom stereocenters. The second kappa shape index (κ2) is 12.2. The molecule has 0 N–H and O–H groups in total. The number of aldehydes is 1. The van der Waals surface area contributed by atoms with Gasteiger partial charge in [0.2, 0.25) is 0 Å². The van der Waals surface area contributed by atoms with E-state index in [2.05, 4.69) is 4.98 Å². The first kappa shape index (κ1) is 26.1. The van der Waals surface area contributed by atoms with Crippen molar-refractivity contribution < 1.29 is 32.2 Å². The van der Waals surface area contributed by atoms with Gasteiger partial charge in [-0.2, -0.15) is 13.2 Å². The Morgan fingerprint density at radius 1 is 1.03 bits per heavy atom. The van der Waals surface area contributed by atoms with Crippen molar-refractivity contribution in [2.75, 3.05) is 6.61 Å². The molecule has 0 saturated heterocycles. The molecule has 1 heterocycles. The molecule has 2 aromatic carbocycles. The molecule has 186 valence electrons. The van der Waals surface area contributed by atoms with E-state index >= 15 is 0 Å². The van der Waals surface area contributed by atoms with Gasteiger partial charge in [0.25, 0.3) is 5.88 Å². The number of hydrogen-bond donors (Lipinski definition) is 0. The molecule has 5 nitrogen and oxygen atoms in total. The highest BCUT2D eigenvalue weighted by Crippen LogP contribution is 2.37. The fourth-order valence-corrected chi connectivity index (χ4v) is 3.44. The Kier molecular flexibility index (Phi) is 9.11. The standard InChI is InChI=1S/C27H28F3NO4/c1-3-20-16-24(12-11-21(20)8-7-14-32)33-15-13-19(2)34-26-25(35-23-9-5-4-6-10-23)17-22(18-31-26)27(28,29)30/h4-6,9-12,14,16-19H,3,7-8,13,15H2,1-2H3. The fraction of sp³-hybridized carbons (Fsp3) is 0.333. The van der Waals surface area contributed by atoms with Crippen LogP contribution in [0.4, 0.5) is 13.2 Å². The van der Waals surface area contributed by atoms with Gasteiger partial charge in [-0.1, -0.05) is 31.2 Å². The maximum atomic E-state index is 13.2. The average molecular weight is 488 g/mol. The summed E-state index contributed by atoms with van der Waals surface area (Å²) in [6.07, 6.45) is -0.824. The Hall–Kier alpha value is -3.55. The quantitative estimate of drug-likeness (QED) is 0.262. The van der Waals surface area contributed by atoms with Crippen LogP contribution in [0.25, 0.3) is 0 Å². The van der Waals surface area contributed by atoms with Gasteiger partial charge >= 0.3 is 6.18 Å². The van der Waals surface area contributed by atoms with E-state index in [1.54, 1.807) is 37.3 Å². The number of carbonyl (C=O) groups excluding carboxylic acids is 1. The lowest BCUT2D eigenvalue weighted by molar-refractivity contribution is -0.138. The zero-order valence-electron chi connectivity index (χ0n) is 19.7. The molecule has 3 rings (SSSR count). The van der Waals surface area contributed by atoms with E-state index in [-0.39, 0.29) is 11.6 Å². The number of benzene rings is 2. The van der Waals surface area contributed by atoms with Crippen molar-refractivity contribution in [1.29, 1.82) is 0 Å². The maximum Gasteiger partial charge on any atom is 0.418 e. The lowest BCUT2D eigenvalue weighted by Gasteiger charge is -2.18. The molecule has 0 amide bonds. The van der Waals surface area contributed by atoms with Crippen LogP contribution >= 0.6 is 0 Å². The van der Waals surface area contributed by atoms with Crippen LogP contribution in [0.3, 0.4) is 0 Å². The van der Waals surface area contributed by atoms with Crippen LogP contribution in [0.1, 0.15) is 43.4 Å². The Morgan fingerprint density at radius 2 is 1.80 bits per heavy atom. The van der Waals surface area contributed by atoms with Gasteiger partial charge < -0.3 is 19.0 Å². The van der Waals surface area contributed by atoms with E-state index in [4.69, 9.17) is 14.2 Å². The smallest absolute Gasteiger partial charge is 0.418 e. The highest BCUT2D eigenvalue weighted by Gasteiger charge is 2.32. The van der Waals surface area contributed by atoms with E-state index in [0.717, 1.165) is 36.1 Å². The molecule has 35 heavy (non-hydrogen) atoms. The normalized spacial score (nSPS) is 12.1. The van der Waals surface area contributed by atoms with E-state index in [1.165, 1.54) is 0 Å². The third-order valence-corrected chi connectivity index (χ3v) is 5.31. The number of ether oxygens (including phenoxy) is 3. The van der Waals surface area contributed by atoms with Crippen molar-refractivity contribution >= 4 is 6.29 Å². The molecule has 0 fully saturated rings. The van der Waals surface area contributed by atoms with Crippen LogP contribution in [-0.2, 0) is 23.8 Å². The summed E-state index contributed by atoms with van der Waals surface area (Å²) in [5.41, 5.74) is 1.34. The number of halogens is 3. The SMILES string of the molecule is CCc1cc(OCCC(C)Oc2ncc(C(F)(F)F)cc2Oc2ccccc2)ccc1CCC=O. The second-order valence-electron chi connectivity index (χ2n) is 8.00. The summed E-state index contributed by atoms with van der Waals surface area (Å²) in [7, 11) is 0. The van der Waals surface area contributed by atoms with Gasteiger partial charge in [-0.05, 0) is 55.2 Å². The molecular weight excluding hydrogens is 459 g/mol. The number of aryl methyl sites for hydroxylation is 2. The minimum absolute atomic E-state index is 0.0258. The van der Waals surface area contributed by atoms with Gasteiger partial charge in [-0.3, -0.25) is 0 Å². The number of alkyl halides is 3. The fourth-order valence-electron chi connectivity index (χ4n) is 3.44. The zero-order valence-corrected chi connectivity index (χ0v) is 19.7. The molecule has 1 unspecified atom stereocenters. The second-order valence-corrected chi connectivity index (χ2v) is 8.00. The summed E-state index contributed by atoms with van der Waals surface area (Å²) in [5.74, 6) is 0.946. The van der Waals surface area contributed by atoms with Crippen molar-refractivity contribution in [3.8, 4) is 23.1 Å². The number of para-hydroxylation sites is 1. The van der Waals surface area contributed by atoms with Gasteiger partial charge in [0.05, 0.1) is 12.2 Å². The van der Waals surface area contributed by atoms with Gasteiger partial charge in [-0.15, -0.1) is 0 Å². The van der Waals surface area contributed by atoms with Crippen LogP contribution in [0.5, 0.6) is 23.1 Å². The molecule has 0 aliphatic carbocycles. The molecule has 0 radical (unpaired) electrons. The van der Waals surface area contributed by atoms with Crippen LogP contribution in [-0.4, -0.2) is 24.0 Å². The van der Waals surface area contributed by atoms with E-state index < -0.39 is 17.8 Å². The molecule has 1 aromatic heterocycles. The van der Waals surface area contributed by atoms with Gasteiger partial charge in [0.15, 0.2) is 5.75 Å². The van der Waals surface area contributed by atoms with Crippen molar-refractivity contribution in [2.45, 2.75) is 51.8 Å². The first-order chi connectivity index (χ1) is 16.8. The number of pyridine rings is 1. The van der Waals surface area contributed by atoms with Crippen LogP contribution in [0.15, 0.2) is 60.8 Å². The highest BCUT2D eigenvalue weighted by molar-refractivity contribution is 5.50. The molecule has 0 spiro atoms. The predicted molar refractivity (Wildman–Crippen MR) is 126 cm³/mol. The molecular formula is C27H28F3NO4. The van der Waals surface area contributed by atoms with Crippen molar-refractivity contribution in [3.63, 3.8) is 0 Å². The summed E-state index contributed by atoms with van der Waals surface area (Å²) < 4.78 is 56.9. The van der Waals surface area contributed by atoms with E-state index in [1.807, 2.05) is 25.1 Å². The lowest BCUT2D eigenvalue weighted by atomic mass is 10.0. The minimum atomic E-state index is -4.56. The Morgan fingerprint density at radius 3 is 2.49 bits per heavy atom. The van der Waals surface area contributed by atoms with E-state index in [9.17, 15) is 18.0 Å². The van der Waals surface area contributed by atoms with Crippen molar-refractivity contribution in [3.05, 3.63) is 77.5 Å².